The molecule has 6 heteroatoms. The summed E-state index contributed by atoms with van der Waals surface area (Å²) >= 11 is 5.96. The quantitative estimate of drug-likeness (QED) is 0.800. The Hall–Kier alpha value is -2.79. The highest BCUT2D eigenvalue weighted by Crippen LogP contribution is 2.26. The van der Waals surface area contributed by atoms with Crippen molar-refractivity contribution >= 4 is 34.2 Å². The molecule has 0 saturated heterocycles. The minimum Gasteiger partial charge on any atom is -0.494 e. The summed E-state index contributed by atoms with van der Waals surface area (Å²) in [5.74, 6) is -0.0707. The largest absolute Gasteiger partial charge is 0.494 e. The minimum atomic E-state index is -0.635. The van der Waals surface area contributed by atoms with Crippen LogP contribution in [0.15, 0.2) is 57.9 Å². The second kappa shape index (κ2) is 6.14. The summed E-state index contributed by atoms with van der Waals surface area (Å²) in [4.78, 5) is 16.1. The maximum atomic E-state index is 11.7. The molecule has 0 aliphatic heterocycles. The van der Waals surface area contributed by atoms with Gasteiger partial charge in [-0.2, -0.15) is 0 Å². The molecule has 5 nitrogen and oxygen atoms in total. The molecule has 116 valence electrons. The Morgan fingerprint density at radius 1 is 1.22 bits per heavy atom. The summed E-state index contributed by atoms with van der Waals surface area (Å²) in [5, 5.41) is 1.21. The van der Waals surface area contributed by atoms with E-state index < -0.39 is 5.91 Å². The predicted molar refractivity (Wildman–Crippen MR) is 88.0 cm³/mol. The highest BCUT2D eigenvalue weighted by molar-refractivity contribution is 6.31. The first-order chi connectivity index (χ1) is 11.1. The molecule has 0 radical (unpaired) electrons. The molecular formula is C17H13ClN2O3. The molecule has 0 atom stereocenters. The van der Waals surface area contributed by atoms with Crippen LogP contribution in [-0.4, -0.2) is 13.0 Å². The van der Waals surface area contributed by atoms with Crippen LogP contribution in [0.4, 0.5) is 5.69 Å². The summed E-state index contributed by atoms with van der Waals surface area (Å²) in [7, 11) is 1.54. The first kappa shape index (κ1) is 15.1. The molecule has 1 amide bonds. The standard InChI is InChI=1S/C17H13ClN2O3/c1-22-15-5-3-2-4-13(15)20-17-12(16(19)21)9-10-8-11(18)6-7-14(10)23-17/h2-9H,1H3,(H2,19,21). The number of carbonyl (C=O) groups excluding carboxylic acids is 1. The summed E-state index contributed by atoms with van der Waals surface area (Å²) in [6.45, 7) is 0. The first-order valence-electron chi connectivity index (χ1n) is 6.79. The van der Waals surface area contributed by atoms with Gasteiger partial charge in [0.1, 0.15) is 22.6 Å². The van der Waals surface area contributed by atoms with Gasteiger partial charge in [-0.05, 0) is 36.4 Å². The Kier molecular flexibility index (Phi) is 4.04. The van der Waals surface area contributed by atoms with E-state index in [-0.39, 0.29) is 11.1 Å². The zero-order chi connectivity index (χ0) is 16.4. The van der Waals surface area contributed by atoms with E-state index in [2.05, 4.69) is 4.99 Å². The van der Waals surface area contributed by atoms with Crippen LogP contribution in [0.3, 0.4) is 0 Å². The van der Waals surface area contributed by atoms with Gasteiger partial charge in [0.2, 0.25) is 5.55 Å². The first-order valence-corrected chi connectivity index (χ1v) is 7.17. The summed E-state index contributed by atoms with van der Waals surface area (Å²) < 4.78 is 11.0. The highest BCUT2D eigenvalue weighted by Gasteiger charge is 2.10. The average molecular weight is 329 g/mol. The number of rotatable bonds is 3. The Morgan fingerprint density at radius 2 is 2.00 bits per heavy atom. The van der Waals surface area contributed by atoms with Crippen molar-refractivity contribution in [1.82, 2.24) is 0 Å². The van der Waals surface area contributed by atoms with Gasteiger partial charge >= 0.3 is 0 Å². The van der Waals surface area contributed by atoms with Crippen molar-refractivity contribution in [2.24, 2.45) is 10.7 Å². The van der Waals surface area contributed by atoms with Crippen molar-refractivity contribution in [3.05, 3.63) is 64.7 Å². The maximum Gasteiger partial charge on any atom is 0.254 e. The average Bonchev–Trinajstić information content (AvgIpc) is 2.54. The van der Waals surface area contributed by atoms with E-state index in [1.54, 1.807) is 43.5 Å². The fraction of sp³-hybridized carbons (Fsp3) is 0.0588. The van der Waals surface area contributed by atoms with Crippen LogP contribution in [-0.2, 0) is 0 Å². The van der Waals surface area contributed by atoms with Crippen LogP contribution in [0.5, 0.6) is 5.75 Å². The smallest absolute Gasteiger partial charge is 0.254 e. The van der Waals surface area contributed by atoms with Crippen LogP contribution in [0.25, 0.3) is 11.0 Å². The van der Waals surface area contributed by atoms with Gasteiger partial charge in [0.25, 0.3) is 5.91 Å². The predicted octanol–water partition coefficient (Wildman–Crippen LogP) is 3.43. The van der Waals surface area contributed by atoms with E-state index in [9.17, 15) is 4.79 Å². The van der Waals surface area contributed by atoms with Crippen LogP contribution >= 0.6 is 11.6 Å². The zero-order valence-corrected chi connectivity index (χ0v) is 13.0. The molecule has 3 aromatic rings. The molecule has 1 heterocycles. The van der Waals surface area contributed by atoms with Crippen molar-refractivity contribution in [3.63, 3.8) is 0 Å². The Labute approximate surface area is 137 Å². The van der Waals surface area contributed by atoms with Crippen molar-refractivity contribution in [1.29, 1.82) is 0 Å². The van der Waals surface area contributed by atoms with Crippen molar-refractivity contribution in [3.8, 4) is 5.75 Å². The van der Waals surface area contributed by atoms with Gasteiger partial charge in [0, 0.05) is 10.4 Å². The fourth-order valence-corrected chi connectivity index (χ4v) is 2.37. The molecule has 23 heavy (non-hydrogen) atoms. The third kappa shape index (κ3) is 3.05. The fourth-order valence-electron chi connectivity index (χ4n) is 2.19. The number of nitrogens with zero attached hydrogens (tertiary/aromatic N) is 1. The molecule has 0 spiro atoms. The normalized spacial score (nSPS) is 11.7. The molecule has 3 rings (SSSR count). The number of nitrogens with two attached hydrogens (primary N) is 1. The number of para-hydroxylation sites is 2. The van der Waals surface area contributed by atoms with E-state index in [1.165, 1.54) is 0 Å². The molecule has 2 N–H and O–H groups in total. The second-order valence-electron chi connectivity index (χ2n) is 4.80. The summed E-state index contributed by atoms with van der Waals surface area (Å²) in [6, 6.07) is 13.9. The van der Waals surface area contributed by atoms with E-state index in [0.29, 0.717) is 27.4 Å². The number of primary amides is 1. The van der Waals surface area contributed by atoms with Crippen molar-refractivity contribution < 1.29 is 13.9 Å². The molecule has 0 aliphatic rings. The number of fused-ring (bicyclic) bond motifs is 1. The van der Waals surface area contributed by atoms with Crippen molar-refractivity contribution in [2.75, 3.05) is 7.11 Å². The zero-order valence-electron chi connectivity index (χ0n) is 12.2. The molecule has 0 fully saturated rings. The van der Waals surface area contributed by atoms with E-state index >= 15 is 0 Å². The number of amides is 1. The number of halogens is 1. The molecular weight excluding hydrogens is 316 g/mol. The van der Waals surface area contributed by atoms with E-state index in [1.807, 2.05) is 12.1 Å². The lowest BCUT2D eigenvalue weighted by molar-refractivity contribution is 0.0996. The van der Waals surface area contributed by atoms with Gasteiger partial charge < -0.3 is 14.9 Å². The monoisotopic (exact) mass is 328 g/mol. The lowest BCUT2D eigenvalue weighted by atomic mass is 10.2. The van der Waals surface area contributed by atoms with Gasteiger partial charge in [0.05, 0.1) is 7.11 Å². The second-order valence-corrected chi connectivity index (χ2v) is 5.23. The molecule has 0 aliphatic carbocycles. The Morgan fingerprint density at radius 3 is 2.74 bits per heavy atom. The number of carbonyl (C=O) groups is 1. The SMILES string of the molecule is COc1ccccc1N=c1oc2ccc(Cl)cc2cc1C(N)=O. The van der Waals surface area contributed by atoms with Crippen LogP contribution in [0, 0.1) is 0 Å². The number of ether oxygens (including phenoxy) is 1. The highest BCUT2D eigenvalue weighted by atomic mass is 35.5. The molecule has 1 aromatic heterocycles. The van der Waals surface area contributed by atoms with Gasteiger partial charge in [0.15, 0.2) is 0 Å². The van der Waals surface area contributed by atoms with Crippen molar-refractivity contribution in [2.45, 2.75) is 0 Å². The maximum absolute atomic E-state index is 11.7. The number of methoxy groups -OCH3 is 1. The number of hydrogen-bond donors (Lipinski definition) is 1. The van der Waals surface area contributed by atoms with Crippen LogP contribution in [0.2, 0.25) is 5.02 Å². The Balaban J connectivity index is 2.31. The third-order valence-corrected chi connectivity index (χ3v) is 3.52. The molecule has 0 unspecified atom stereocenters. The molecule has 2 aromatic carbocycles. The van der Waals surface area contributed by atoms with Gasteiger partial charge in [-0.1, -0.05) is 23.7 Å². The molecule has 0 bridgehead atoms. The lowest BCUT2D eigenvalue weighted by Gasteiger charge is -2.05. The van der Waals surface area contributed by atoms with E-state index in [4.69, 9.17) is 26.5 Å². The summed E-state index contributed by atoms with van der Waals surface area (Å²) in [6.07, 6.45) is 0. The minimum absolute atomic E-state index is 0.122. The Bertz CT molecular complexity index is 963. The topological polar surface area (TPSA) is 77.8 Å². The van der Waals surface area contributed by atoms with Crippen LogP contribution in [0.1, 0.15) is 10.4 Å². The van der Waals surface area contributed by atoms with Gasteiger partial charge in [-0.15, -0.1) is 0 Å². The van der Waals surface area contributed by atoms with E-state index in [0.717, 1.165) is 0 Å². The van der Waals surface area contributed by atoms with Gasteiger partial charge in [-0.25, -0.2) is 4.99 Å². The number of benzene rings is 2. The lowest BCUT2D eigenvalue weighted by Crippen LogP contribution is -2.21. The van der Waals surface area contributed by atoms with Crippen LogP contribution < -0.4 is 16.0 Å². The summed E-state index contributed by atoms with van der Waals surface area (Å²) in [5.41, 5.74) is 6.82. The van der Waals surface area contributed by atoms with Gasteiger partial charge in [-0.3, -0.25) is 4.79 Å². The molecule has 0 saturated carbocycles. The number of hydrogen-bond acceptors (Lipinski definition) is 4. The third-order valence-electron chi connectivity index (χ3n) is 3.28.